The molecule has 0 heterocycles. The highest BCUT2D eigenvalue weighted by Crippen LogP contribution is 2.60. The summed E-state index contributed by atoms with van der Waals surface area (Å²) >= 11 is 0. The van der Waals surface area contributed by atoms with Crippen LogP contribution in [0.25, 0.3) is 11.1 Å². The third-order valence-corrected chi connectivity index (χ3v) is 6.68. The largest absolute Gasteiger partial charge is 0.480 e. The lowest BCUT2D eigenvalue weighted by Crippen LogP contribution is -2.70. The second-order valence-electron chi connectivity index (χ2n) is 9.40. The van der Waals surface area contributed by atoms with Crippen LogP contribution in [0.5, 0.6) is 0 Å². The average Bonchev–Trinajstić information content (AvgIpc) is 3.22. The molecule has 1 aliphatic carbocycles. The number of rotatable bonds is 11. The molecule has 0 saturated carbocycles. The van der Waals surface area contributed by atoms with Crippen LogP contribution in [0.1, 0.15) is 29.9 Å². The van der Waals surface area contributed by atoms with Crippen molar-refractivity contribution in [3.63, 3.8) is 0 Å². The van der Waals surface area contributed by atoms with Crippen molar-refractivity contribution < 1.29 is 76.5 Å². The minimum atomic E-state index is -8.07. The fourth-order valence-electron chi connectivity index (χ4n) is 4.32. The second kappa shape index (κ2) is 11.1. The Morgan fingerprint density at radius 1 is 0.721 bits per heavy atom. The van der Waals surface area contributed by atoms with E-state index >= 15 is 0 Å². The fraction of sp³-hybridized carbons (Fsp3) is 0.440. The van der Waals surface area contributed by atoms with Crippen LogP contribution >= 0.6 is 0 Å². The predicted octanol–water partition coefficient (Wildman–Crippen LogP) is 7.50. The zero-order valence-corrected chi connectivity index (χ0v) is 21.0. The number of aliphatic carboxylic acids is 1. The highest BCUT2D eigenvalue weighted by Gasteiger charge is 2.90. The molecule has 0 aromatic heterocycles. The fourth-order valence-corrected chi connectivity index (χ4v) is 4.32. The van der Waals surface area contributed by atoms with Crippen molar-refractivity contribution in [1.82, 2.24) is 5.32 Å². The number of hydrogen-bond acceptors (Lipinski definition) is 3. The third kappa shape index (κ3) is 5.67. The number of hydrogen-bond donors (Lipinski definition) is 2. The number of alkyl carbamates (subject to hydrolysis) is 1. The summed E-state index contributed by atoms with van der Waals surface area (Å²) in [6.07, 6.45) is -13.9. The van der Waals surface area contributed by atoms with Gasteiger partial charge in [-0.15, -0.1) is 0 Å². The number of fused-ring (bicyclic) bond motifs is 3. The van der Waals surface area contributed by atoms with Crippen LogP contribution in [0.3, 0.4) is 0 Å². The molecule has 0 fully saturated rings. The Bertz CT molecular complexity index is 1320. The molecule has 1 amide bonds. The van der Waals surface area contributed by atoms with Gasteiger partial charge in [-0.05, 0) is 28.7 Å². The summed E-state index contributed by atoms with van der Waals surface area (Å²) in [6, 6.07) is 11.1. The van der Waals surface area contributed by atoms with Crippen molar-refractivity contribution in [2.45, 2.75) is 60.6 Å². The van der Waals surface area contributed by atoms with Gasteiger partial charge in [0.2, 0.25) is 0 Å². The first kappa shape index (κ1) is 33.8. The molecular formula is C25H18F13NO4. The van der Waals surface area contributed by atoms with Gasteiger partial charge in [0, 0.05) is 12.3 Å². The van der Waals surface area contributed by atoms with Crippen LogP contribution in [0, 0.1) is 0 Å². The van der Waals surface area contributed by atoms with E-state index in [0.717, 1.165) is 11.1 Å². The van der Waals surface area contributed by atoms with Crippen LogP contribution in [-0.4, -0.2) is 65.6 Å². The van der Waals surface area contributed by atoms with Crippen molar-refractivity contribution in [3.8, 4) is 11.1 Å². The summed E-state index contributed by atoms with van der Waals surface area (Å²) in [5.74, 6) is -40.8. The lowest BCUT2D eigenvalue weighted by Gasteiger charge is -2.39. The minimum Gasteiger partial charge on any atom is -0.480 e. The van der Waals surface area contributed by atoms with E-state index in [1.54, 1.807) is 48.5 Å². The number of benzene rings is 2. The quantitative estimate of drug-likeness (QED) is 0.249. The van der Waals surface area contributed by atoms with Gasteiger partial charge < -0.3 is 15.2 Å². The zero-order valence-electron chi connectivity index (χ0n) is 21.0. The molecule has 0 saturated heterocycles. The second-order valence-corrected chi connectivity index (χ2v) is 9.40. The van der Waals surface area contributed by atoms with Gasteiger partial charge in [-0.3, -0.25) is 0 Å². The first-order valence-corrected chi connectivity index (χ1v) is 11.8. The Balaban J connectivity index is 1.71. The average molecular weight is 643 g/mol. The highest BCUT2D eigenvalue weighted by atomic mass is 19.4. The van der Waals surface area contributed by atoms with Gasteiger partial charge in [-0.1, -0.05) is 48.5 Å². The van der Waals surface area contributed by atoms with Crippen LogP contribution < -0.4 is 5.32 Å². The van der Waals surface area contributed by atoms with E-state index in [4.69, 9.17) is 9.84 Å². The van der Waals surface area contributed by atoms with Gasteiger partial charge in [0.1, 0.15) is 12.6 Å². The smallest absolute Gasteiger partial charge is 0.460 e. The number of amides is 1. The number of carbonyl (C=O) groups is 2. The summed E-state index contributed by atoms with van der Waals surface area (Å²) in [6.45, 7) is -0.463. The van der Waals surface area contributed by atoms with Crippen LogP contribution in [0.4, 0.5) is 61.9 Å². The SMILES string of the molecule is O=C(NC(CCC(F)(F)C(F)(F)C(F)(F)C(F)(F)C(F)(F)C(F)(F)F)C(=O)O)OCC1c2ccccc2-c2ccccc21. The summed E-state index contributed by atoms with van der Waals surface area (Å²) in [5.41, 5.74) is 2.91. The summed E-state index contributed by atoms with van der Waals surface area (Å²) < 4.78 is 178. The first-order valence-electron chi connectivity index (χ1n) is 11.8. The Labute approximate surface area is 232 Å². The maximum Gasteiger partial charge on any atom is 0.460 e. The van der Waals surface area contributed by atoms with E-state index in [1.165, 1.54) is 5.32 Å². The molecule has 0 aliphatic heterocycles. The molecule has 2 aromatic carbocycles. The Morgan fingerprint density at radius 2 is 1.16 bits per heavy atom. The van der Waals surface area contributed by atoms with Crippen molar-refractivity contribution >= 4 is 12.1 Å². The molecule has 3 rings (SSSR count). The molecule has 0 spiro atoms. The first-order chi connectivity index (χ1) is 19.5. The zero-order chi connectivity index (χ0) is 32.8. The molecule has 1 atom stereocenters. The van der Waals surface area contributed by atoms with Crippen LogP contribution in [0.2, 0.25) is 0 Å². The normalized spacial score (nSPS) is 15.5. The van der Waals surface area contributed by atoms with Crippen LogP contribution in [0.15, 0.2) is 48.5 Å². The van der Waals surface area contributed by atoms with Crippen molar-refractivity contribution in [2.24, 2.45) is 0 Å². The number of ether oxygens (including phenoxy) is 1. The van der Waals surface area contributed by atoms with E-state index in [0.29, 0.717) is 11.1 Å². The van der Waals surface area contributed by atoms with E-state index < -0.39 is 79.3 Å². The number of alkyl halides is 13. The van der Waals surface area contributed by atoms with Gasteiger partial charge in [0.05, 0.1) is 0 Å². The molecule has 1 aliphatic rings. The number of carboxylic acids is 1. The van der Waals surface area contributed by atoms with Gasteiger partial charge in [0.25, 0.3) is 0 Å². The number of nitrogens with one attached hydrogen (secondary N) is 1. The predicted molar refractivity (Wildman–Crippen MR) is 120 cm³/mol. The molecule has 0 radical (unpaired) electrons. The van der Waals surface area contributed by atoms with Gasteiger partial charge in [-0.25, -0.2) is 9.59 Å². The number of carbonyl (C=O) groups excluding carboxylic acids is 1. The van der Waals surface area contributed by atoms with Gasteiger partial charge >= 0.3 is 47.9 Å². The molecule has 2 aromatic rings. The van der Waals surface area contributed by atoms with Crippen molar-refractivity contribution in [2.75, 3.05) is 6.61 Å². The number of carboxylic acid groups (broad SMARTS) is 1. The number of halogens is 13. The lowest BCUT2D eigenvalue weighted by atomic mass is 9.91. The molecule has 1 unspecified atom stereocenters. The minimum absolute atomic E-state index is 0.463. The molecule has 43 heavy (non-hydrogen) atoms. The Morgan fingerprint density at radius 3 is 1.60 bits per heavy atom. The maximum atomic E-state index is 14.1. The standard InChI is InChI=1S/C25H18F13NO4/c26-20(27,21(28,29)22(30,31)23(32,33)24(34,35)25(36,37)38)10-9-17(18(40)41)39-19(42)43-11-16-14-7-3-1-5-12(14)13-6-2-4-8-15(13)16/h1-8,16-17H,9-11H2,(H,39,42)(H,40,41). The molecule has 238 valence electrons. The summed E-state index contributed by atoms with van der Waals surface area (Å²) in [4.78, 5) is 23.6. The maximum absolute atomic E-state index is 14.1. The van der Waals surface area contributed by atoms with Crippen LogP contribution in [-0.2, 0) is 9.53 Å². The lowest BCUT2D eigenvalue weighted by molar-refractivity contribution is -0.440. The van der Waals surface area contributed by atoms with E-state index in [9.17, 15) is 66.7 Å². The van der Waals surface area contributed by atoms with Gasteiger partial charge in [-0.2, -0.15) is 57.1 Å². The van der Waals surface area contributed by atoms with E-state index in [1.807, 2.05) is 0 Å². The van der Waals surface area contributed by atoms with Crippen molar-refractivity contribution in [3.05, 3.63) is 59.7 Å². The van der Waals surface area contributed by atoms with Gasteiger partial charge in [0.15, 0.2) is 0 Å². The van der Waals surface area contributed by atoms with E-state index in [2.05, 4.69) is 0 Å². The summed E-state index contributed by atoms with van der Waals surface area (Å²) in [7, 11) is 0. The van der Waals surface area contributed by atoms with Crippen molar-refractivity contribution in [1.29, 1.82) is 0 Å². The molecule has 2 N–H and O–H groups in total. The molecule has 0 bridgehead atoms. The molecular weight excluding hydrogens is 625 g/mol. The van der Waals surface area contributed by atoms with E-state index in [-0.39, 0.29) is 0 Å². The topological polar surface area (TPSA) is 75.6 Å². The molecule has 5 nitrogen and oxygen atoms in total. The Kier molecular flexibility index (Phi) is 8.70. The monoisotopic (exact) mass is 643 g/mol. The third-order valence-electron chi connectivity index (χ3n) is 6.68. The summed E-state index contributed by atoms with van der Waals surface area (Å²) in [5, 5.41) is 10.6. The molecule has 18 heteroatoms. The highest BCUT2D eigenvalue weighted by molar-refractivity contribution is 5.81. The Hall–Kier alpha value is -3.73.